The predicted octanol–water partition coefficient (Wildman–Crippen LogP) is 3.87. The van der Waals surface area contributed by atoms with Gasteiger partial charge in [-0.2, -0.15) is 0 Å². The minimum atomic E-state index is -0.845. The number of pyridine rings is 1. The SMILES string of the molecule is CCC1CCC2(CC1)NC(=O)N(CC(=O)Nc1ncccc1OCC1CCCCC1)C2=O. The van der Waals surface area contributed by atoms with Crippen molar-refractivity contribution in [2.24, 2.45) is 11.8 Å². The van der Waals surface area contributed by atoms with Crippen molar-refractivity contribution in [1.29, 1.82) is 0 Å². The number of rotatable bonds is 7. The molecule has 2 heterocycles. The van der Waals surface area contributed by atoms with E-state index in [4.69, 9.17) is 4.74 Å². The summed E-state index contributed by atoms with van der Waals surface area (Å²) in [5.74, 6) is 1.20. The summed E-state index contributed by atoms with van der Waals surface area (Å²) in [7, 11) is 0. The largest absolute Gasteiger partial charge is 0.489 e. The molecule has 0 bridgehead atoms. The number of imide groups is 1. The molecule has 3 aliphatic rings. The van der Waals surface area contributed by atoms with Crippen molar-refractivity contribution in [2.75, 3.05) is 18.5 Å². The summed E-state index contributed by atoms with van der Waals surface area (Å²) in [4.78, 5) is 43.5. The van der Waals surface area contributed by atoms with Crippen LogP contribution >= 0.6 is 0 Å². The van der Waals surface area contributed by atoms with Crippen LogP contribution < -0.4 is 15.4 Å². The Hall–Kier alpha value is -2.64. The van der Waals surface area contributed by atoms with Gasteiger partial charge in [0.25, 0.3) is 5.91 Å². The highest BCUT2D eigenvalue weighted by Gasteiger charge is 2.52. The summed E-state index contributed by atoms with van der Waals surface area (Å²) in [5.41, 5.74) is -0.845. The van der Waals surface area contributed by atoms with Crippen molar-refractivity contribution in [3.8, 4) is 5.75 Å². The normalized spacial score (nSPS) is 26.3. The molecule has 0 unspecified atom stereocenters. The van der Waals surface area contributed by atoms with E-state index >= 15 is 0 Å². The number of carbonyl (C=O) groups excluding carboxylic acids is 3. The van der Waals surface area contributed by atoms with Crippen molar-refractivity contribution in [3.05, 3.63) is 18.3 Å². The van der Waals surface area contributed by atoms with E-state index in [1.54, 1.807) is 18.3 Å². The lowest BCUT2D eigenvalue weighted by Crippen LogP contribution is -2.49. The maximum absolute atomic E-state index is 13.0. The van der Waals surface area contributed by atoms with Crippen LogP contribution in [0.2, 0.25) is 0 Å². The summed E-state index contributed by atoms with van der Waals surface area (Å²) in [6.07, 6.45) is 11.8. The number of aromatic nitrogens is 1. The third kappa shape index (κ3) is 4.89. The zero-order valence-corrected chi connectivity index (χ0v) is 18.9. The van der Waals surface area contributed by atoms with Gasteiger partial charge in [0.05, 0.1) is 6.61 Å². The van der Waals surface area contributed by atoms with Gasteiger partial charge in [0.15, 0.2) is 11.6 Å². The van der Waals surface area contributed by atoms with E-state index in [1.807, 2.05) is 0 Å². The van der Waals surface area contributed by atoms with Crippen molar-refractivity contribution in [1.82, 2.24) is 15.2 Å². The van der Waals surface area contributed by atoms with Gasteiger partial charge in [-0.3, -0.25) is 14.5 Å². The number of hydrogen-bond acceptors (Lipinski definition) is 5. The number of nitrogens with one attached hydrogen (secondary N) is 2. The predicted molar refractivity (Wildman–Crippen MR) is 120 cm³/mol. The molecule has 32 heavy (non-hydrogen) atoms. The van der Waals surface area contributed by atoms with Crippen LogP contribution in [0.15, 0.2) is 18.3 Å². The molecule has 8 heteroatoms. The maximum atomic E-state index is 13.0. The number of nitrogens with zero attached hydrogens (tertiary/aromatic N) is 2. The average molecular weight is 443 g/mol. The van der Waals surface area contributed by atoms with E-state index in [9.17, 15) is 14.4 Å². The van der Waals surface area contributed by atoms with Crippen molar-refractivity contribution in [2.45, 2.75) is 76.7 Å². The van der Waals surface area contributed by atoms with E-state index in [2.05, 4.69) is 22.5 Å². The van der Waals surface area contributed by atoms with Crippen molar-refractivity contribution >= 4 is 23.7 Å². The van der Waals surface area contributed by atoms with Gasteiger partial charge in [-0.05, 0) is 62.5 Å². The van der Waals surface area contributed by atoms with Gasteiger partial charge in [0, 0.05) is 6.20 Å². The van der Waals surface area contributed by atoms with Crippen LogP contribution in [-0.4, -0.2) is 46.4 Å². The van der Waals surface area contributed by atoms with Gasteiger partial charge in [-0.1, -0.05) is 32.6 Å². The third-order valence-corrected chi connectivity index (χ3v) is 7.31. The standard InChI is InChI=1S/C24H34N4O4/c1-2-17-10-12-24(13-11-17)22(30)28(23(31)27-24)15-20(29)26-21-19(9-6-14-25-21)32-16-18-7-4-3-5-8-18/h6,9,14,17-18H,2-5,7-8,10-13,15-16H2,1H3,(H,27,31)(H,25,26,29). The molecule has 1 aliphatic heterocycles. The molecular weight excluding hydrogens is 408 g/mol. The molecule has 1 aromatic rings. The lowest BCUT2D eigenvalue weighted by Gasteiger charge is -2.34. The van der Waals surface area contributed by atoms with E-state index < -0.39 is 17.5 Å². The minimum absolute atomic E-state index is 0.290. The molecule has 3 fully saturated rings. The molecule has 0 radical (unpaired) electrons. The number of ether oxygens (including phenoxy) is 1. The summed E-state index contributed by atoms with van der Waals surface area (Å²) in [6.45, 7) is 2.42. The first-order valence-corrected chi connectivity index (χ1v) is 12.0. The van der Waals surface area contributed by atoms with E-state index in [0.717, 1.165) is 37.0 Å². The second kappa shape index (κ2) is 9.88. The van der Waals surface area contributed by atoms with E-state index in [1.165, 1.54) is 19.3 Å². The molecule has 1 saturated heterocycles. The Bertz CT molecular complexity index is 844. The van der Waals surface area contributed by atoms with E-state index in [-0.39, 0.29) is 12.5 Å². The fourth-order valence-corrected chi connectivity index (χ4v) is 5.21. The summed E-state index contributed by atoms with van der Waals surface area (Å²) < 4.78 is 5.96. The first-order chi connectivity index (χ1) is 15.5. The van der Waals surface area contributed by atoms with Crippen molar-refractivity contribution in [3.63, 3.8) is 0 Å². The highest BCUT2D eigenvalue weighted by atomic mass is 16.5. The lowest BCUT2D eigenvalue weighted by atomic mass is 9.75. The number of carbonyl (C=O) groups is 3. The molecule has 2 saturated carbocycles. The Labute approximate surface area is 189 Å². The van der Waals surface area contributed by atoms with Gasteiger partial charge < -0.3 is 15.4 Å². The topological polar surface area (TPSA) is 101 Å². The summed E-state index contributed by atoms with van der Waals surface area (Å²) in [5, 5.41) is 5.59. The fraction of sp³-hybridized carbons (Fsp3) is 0.667. The van der Waals surface area contributed by atoms with Gasteiger partial charge in [0.2, 0.25) is 5.91 Å². The number of anilines is 1. The Morgan fingerprint density at radius 2 is 1.94 bits per heavy atom. The molecule has 8 nitrogen and oxygen atoms in total. The Balaban J connectivity index is 1.35. The molecule has 2 N–H and O–H groups in total. The van der Waals surface area contributed by atoms with Crippen LogP contribution in [-0.2, 0) is 9.59 Å². The van der Waals surface area contributed by atoms with E-state index in [0.29, 0.717) is 42.9 Å². The molecule has 0 atom stereocenters. The van der Waals surface area contributed by atoms with Crippen LogP contribution in [0.3, 0.4) is 0 Å². The Morgan fingerprint density at radius 1 is 1.19 bits per heavy atom. The molecule has 1 aromatic heterocycles. The highest BCUT2D eigenvalue weighted by Crippen LogP contribution is 2.37. The maximum Gasteiger partial charge on any atom is 0.325 e. The minimum Gasteiger partial charge on any atom is -0.489 e. The second-order valence-electron chi connectivity index (χ2n) is 9.47. The molecule has 0 aromatic carbocycles. The monoisotopic (exact) mass is 442 g/mol. The molecule has 2 aliphatic carbocycles. The number of urea groups is 1. The van der Waals surface area contributed by atoms with Crippen LogP contribution in [0.4, 0.5) is 10.6 Å². The first kappa shape index (κ1) is 22.6. The lowest BCUT2D eigenvalue weighted by molar-refractivity contribution is -0.135. The quantitative estimate of drug-likeness (QED) is 0.625. The molecule has 4 amide bonds. The summed E-state index contributed by atoms with van der Waals surface area (Å²) >= 11 is 0. The molecule has 1 spiro atoms. The third-order valence-electron chi connectivity index (χ3n) is 7.31. The first-order valence-electron chi connectivity index (χ1n) is 12.0. The smallest absolute Gasteiger partial charge is 0.325 e. The molecule has 174 valence electrons. The number of hydrogen-bond donors (Lipinski definition) is 2. The van der Waals surface area contributed by atoms with Crippen LogP contribution in [0.1, 0.15) is 71.1 Å². The Morgan fingerprint density at radius 3 is 2.66 bits per heavy atom. The average Bonchev–Trinajstić information content (AvgIpc) is 3.03. The van der Waals surface area contributed by atoms with Gasteiger partial charge in [0.1, 0.15) is 12.1 Å². The van der Waals surface area contributed by atoms with Crippen LogP contribution in [0.25, 0.3) is 0 Å². The van der Waals surface area contributed by atoms with Crippen LogP contribution in [0.5, 0.6) is 5.75 Å². The Kier molecular flexibility index (Phi) is 6.96. The number of amides is 4. The highest BCUT2D eigenvalue weighted by molar-refractivity contribution is 6.10. The zero-order chi connectivity index (χ0) is 22.6. The molecule has 4 rings (SSSR count). The summed E-state index contributed by atoms with van der Waals surface area (Å²) in [6, 6.07) is 3.05. The van der Waals surface area contributed by atoms with Crippen LogP contribution in [0, 0.1) is 11.8 Å². The van der Waals surface area contributed by atoms with Gasteiger partial charge >= 0.3 is 6.03 Å². The van der Waals surface area contributed by atoms with Gasteiger partial charge in [-0.25, -0.2) is 9.78 Å². The van der Waals surface area contributed by atoms with Gasteiger partial charge in [-0.15, -0.1) is 0 Å². The van der Waals surface area contributed by atoms with Crippen molar-refractivity contribution < 1.29 is 19.1 Å². The second-order valence-corrected chi connectivity index (χ2v) is 9.47. The molecular formula is C24H34N4O4. The zero-order valence-electron chi connectivity index (χ0n) is 18.9. The fourth-order valence-electron chi connectivity index (χ4n) is 5.21.